The Morgan fingerprint density at radius 2 is 2.26 bits per heavy atom. The Bertz CT molecular complexity index is 264. The predicted molar refractivity (Wildman–Crippen MR) is 81.9 cm³/mol. The first kappa shape index (κ1) is 16.8. The van der Waals surface area contributed by atoms with Crippen molar-refractivity contribution in [2.45, 2.75) is 38.7 Å². The second kappa shape index (κ2) is 9.61. The average molecular weight is 288 g/mol. The van der Waals surface area contributed by atoms with Gasteiger partial charge in [-0.15, -0.1) is 0 Å². The smallest absolute Gasteiger partial charge is 0.281 e. The van der Waals surface area contributed by atoms with Gasteiger partial charge in [-0.1, -0.05) is 31.5 Å². The van der Waals surface area contributed by atoms with Gasteiger partial charge in [0.1, 0.15) is 0 Å². The molecule has 0 aromatic heterocycles. The molecule has 0 saturated carbocycles. The van der Waals surface area contributed by atoms with Crippen LogP contribution in [0.4, 0.5) is 4.79 Å². The van der Waals surface area contributed by atoms with E-state index in [1.165, 1.54) is 37.6 Å². The topological polar surface area (TPSA) is 32.8 Å². The lowest BCUT2D eigenvalue weighted by Crippen LogP contribution is -2.44. The standard InChI is InChI=1S/C14H28N2O2S/c1-4-5-6-8-16-10-11-18-13(12-16)7-9-15(2)14(17)19-3/h13H,4-12H2,1-3H3/t13-/m0/s1. The summed E-state index contributed by atoms with van der Waals surface area (Å²) in [4.78, 5) is 15.7. The zero-order chi connectivity index (χ0) is 14.1. The molecule has 1 fully saturated rings. The van der Waals surface area contributed by atoms with Crippen LogP contribution in [-0.4, -0.2) is 67.2 Å². The minimum absolute atomic E-state index is 0.135. The van der Waals surface area contributed by atoms with Gasteiger partial charge in [0.25, 0.3) is 5.24 Å². The van der Waals surface area contributed by atoms with Gasteiger partial charge in [0.05, 0.1) is 12.7 Å². The summed E-state index contributed by atoms with van der Waals surface area (Å²) in [7, 11) is 1.86. The molecule has 112 valence electrons. The normalized spacial score (nSPS) is 20.5. The first-order valence-corrected chi connectivity index (χ1v) is 8.52. The first-order valence-electron chi connectivity index (χ1n) is 7.30. The van der Waals surface area contributed by atoms with Crippen molar-refractivity contribution >= 4 is 17.0 Å². The monoisotopic (exact) mass is 288 g/mol. The van der Waals surface area contributed by atoms with Crippen molar-refractivity contribution in [1.82, 2.24) is 9.80 Å². The van der Waals surface area contributed by atoms with Crippen LogP contribution in [0.25, 0.3) is 0 Å². The average Bonchev–Trinajstić information content (AvgIpc) is 2.44. The highest BCUT2D eigenvalue weighted by Crippen LogP contribution is 2.12. The Morgan fingerprint density at radius 1 is 1.47 bits per heavy atom. The third-order valence-corrected chi connectivity index (χ3v) is 4.23. The van der Waals surface area contributed by atoms with E-state index in [1.807, 2.05) is 13.3 Å². The van der Waals surface area contributed by atoms with E-state index in [2.05, 4.69) is 11.8 Å². The zero-order valence-electron chi connectivity index (χ0n) is 12.6. The number of carbonyl (C=O) groups is 1. The molecular weight excluding hydrogens is 260 g/mol. The highest BCUT2D eigenvalue weighted by Gasteiger charge is 2.20. The van der Waals surface area contributed by atoms with Gasteiger partial charge >= 0.3 is 0 Å². The molecule has 0 aliphatic carbocycles. The van der Waals surface area contributed by atoms with Gasteiger partial charge < -0.3 is 9.64 Å². The Labute approximate surface area is 121 Å². The Hall–Kier alpha value is -0.260. The molecule has 1 atom stereocenters. The summed E-state index contributed by atoms with van der Waals surface area (Å²) in [5.41, 5.74) is 0. The van der Waals surface area contributed by atoms with Crippen LogP contribution in [0.15, 0.2) is 0 Å². The predicted octanol–water partition coefficient (Wildman–Crippen LogP) is 2.68. The van der Waals surface area contributed by atoms with Crippen molar-refractivity contribution in [3.63, 3.8) is 0 Å². The molecule has 4 nitrogen and oxygen atoms in total. The maximum atomic E-state index is 11.5. The van der Waals surface area contributed by atoms with Crippen LogP contribution in [0.3, 0.4) is 0 Å². The summed E-state index contributed by atoms with van der Waals surface area (Å²) in [6.45, 7) is 7.11. The van der Waals surface area contributed by atoms with E-state index in [4.69, 9.17) is 4.74 Å². The molecule has 1 aliphatic heterocycles. The molecule has 0 aromatic rings. The number of amides is 1. The quantitative estimate of drug-likeness (QED) is 0.674. The molecule has 0 aromatic carbocycles. The number of carbonyl (C=O) groups excluding carboxylic acids is 1. The number of thioether (sulfide) groups is 1. The highest BCUT2D eigenvalue weighted by molar-refractivity contribution is 8.12. The van der Waals surface area contributed by atoms with E-state index in [-0.39, 0.29) is 11.3 Å². The van der Waals surface area contributed by atoms with E-state index in [1.54, 1.807) is 4.90 Å². The fourth-order valence-electron chi connectivity index (χ4n) is 2.33. The molecule has 0 bridgehead atoms. The number of ether oxygens (including phenoxy) is 1. The number of hydrogen-bond acceptors (Lipinski definition) is 4. The number of morpholine rings is 1. The van der Waals surface area contributed by atoms with E-state index in [0.29, 0.717) is 0 Å². The Kier molecular flexibility index (Phi) is 8.50. The van der Waals surface area contributed by atoms with Gasteiger partial charge in [-0.25, -0.2) is 0 Å². The molecule has 1 heterocycles. The SMILES string of the molecule is CCCCCN1CCO[C@@H](CCN(C)C(=O)SC)C1. The second-order valence-corrected chi connectivity index (χ2v) is 5.94. The molecule has 1 aliphatic rings. The van der Waals surface area contributed by atoms with Crippen LogP contribution in [0.1, 0.15) is 32.6 Å². The molecule has 0 unspecified atom stereocenters. The first-order chi connectivity index (χ1) is 9.17. The van der Waals surface area contributed by atoms with Gasteiger partial charge in [0.15, 0.2) is 0 Å². The van der Waals surface area contributed by atoms with Crippen LogP contribution < -0.4 is 0 Å². The van der Waals surface area contributed by atoms with E-state index < -0.39 is 0 Å². The Morgan fingerprint density at radius 3 is 2.95 bits per heavy atom. The van der Waals surface area contributed by atoms with Crippen molar-refractivity contribution in [2.24, 2.45) is 0 Å². The van der Waals surface area contributed by atoms with Gasteiger partial charge in [0, 0.05) is 26.7 Å². The Balaban J connectivity index is 2.21. The lowest BCUT2D eigenvalue weighted by molar-refractivity contribution is -0.0339. The molecule has 0 N–H and O–H groups in total. The van der Waals surface area contributed by atoms with Gasteiger partial charge in [-0.05, 0) is 25.6 Å². The molecule has 1 rings (SSSR count). The van der Waals surface area contributed by atoms with Crippen molar-refractivity contribution in [3.8, 4) is 0 Å². The summed E-state index contributed by atoms with van der Waals surface area (Å²) in [5.74, 6) is 0. The maximum Gasteiger partial charge on any atom is 0.281 e. The van der Waals surface area contributed by atoms with Crippen LogP contribution in [0, 0.1) is 0 Å². The van der Waals surface area contributed by atoms with Crippen LogP contribution >= 0.6 is 11.8 Å². The third-order valence-electron chi connectivity index (χ3n) is 3.57. The molecule has 0 radical (unpaired) electrons. The number of rotatable bonds is 7. The summed E-state index contributed by atoms with van der Waals surface area (Å²) >= 11 is 1.27. The lowest BCUT2D eigenvalue weighted by atomic mass is 10.2. The maximum absolute atomic E-state index is 11.5. The van der Waals surface area contributed by atoms with Crippen molar-refractivity contribution < 1.29 is 9.53 Å². The fraction of sp³-hybridized carbons (Fsp3) is 0.929. The van der Waals surface area contributed by atoms with E-state index >= 15 is 0 Å². The molecule has 19 heavy (non-hydrogen) atoms. The van der Waals surface area contributed by atoms with Gasteiger partial charge in [-0.2, -0.15) is 0 Å². The highest BCUT2D eigenvalue weighted by atomic mass is 32.2. The van der Waals surface area contributed by atoms with Crippen molar-refractivity contribution in [2.75, 3.05) is 46.1 Å². The molecule has 1 saturated heterocycles. The van der Waals surface area contributed by atoms with Crippen molar-refractivity contribution in [1.29, 1.82) is 0 Å². The summed E-state index contributed by atoms with van der Waals surface area (Å²) in [6.07, 6.45) is 6.92. The van der Waals surface area contributed by atoms with Crippen molar-refractivity contribution in [3.05, 3.63) is 0 Å². The number of hydrogen-bond donors (Lipinski definition) is 0. The van der Waals surface area contributed by atoms with Gasteiger partial charge in [-0.3, -0.25) is 9.69 Å². The van der Waals surface area contributed by atoms with Gasteiger partial charge in [0.2, 0.25) is 0 Å². The van der Waals surface area contributed by atoms with Crippen LogP contribution in [0.5, 0.6) is 0 Å². The van der Waals surface area contributed by atoms with E-state index in [9.17, 15) is 4.79 Å². The minimum atomic E-state index is 0.135. The summed E-state index contributed by atoms with van der Waals surface area (Å²) in [5, 5.41) is 0.135. The largest absolute Gasteiger partial charge is 0.375 e. The summed E-state index contributed by atoms with van der Waals surface area (Å²) < 4.78 is 5.79. The minimum Gasteiger partial charge on any atom is -0.375 e. The van der Waals surface area contributed by atoms with Crippen LogP contribution in [-0.2, 0) is 4.74 Å². The molecular formula is C14H28N2O2S. The fourth-order valence-corrected chi connectivity index (χ4v) is 2.73. The van der Waals surface area contributed by atoms with Crippen LogP contribution in [0.2, 0.25) is 0 Å². The number of nitrogens with zero attached hydrogens (tertiary/aromatic N) is 2. The second-order valence-electron chi connectivity index (χ2n) is 5.18. The lowest BCUT2D eigenvalue weighted by Gasteiger charge is -2.33. The van der Waals surface area contributed by atoms with E-state index in [0.717, 1.165) is 32.7 Å². The summed E-state index contributed by atoms with van der Waals surface area (Å²) in [6, 6.07) is 0. The molecule has 1 amide bonds. The number of unbranched alkanes of at least 4 members (excludes halogenated alkanes) is 2. The third kappa shape index (κ3) is 6.63. The molecule has 5 heteroatoms. The molecule has 0 spiro atoms. The zero-order valence-corrected chi connectivity index (χ0v) is 13.4.